The molecule has 3 rings (SSSR count). The number of sulfonamides is 1. The van der Waals surface area contributed by atoms with Gasteiger partial charge in [0.1, 0.15) is 5.82 Å². The smallest absolute Gasteiger partial charge is 0.261 e. The lowest BCUT2D eigenvalue weighted by molar-refractivity contribution is 0.599. The molecule has 0 aliphatic heterocycles. The molecule has 6 heteroatoms. The van der Waals surface area contributed by atoms with Crippen molar-refractivity contribution in [3.8, 4) is 0 Å². The molecule has 0 heterocycles. The van der Waals surface area contributed by atoms with E-state index in [-0.39, 0.29) is 4.90 Å². The largest absolute Gasteiger partial charge is 0.354 e. The summed E-state index contributed by atoms with van der Waals surface area (Å²) in [6, 6.07) is 19.5. The molecule has 0 unspecified atom stereocenters. The third-order valence-electron chi connectivity index (χ3n) is 3.63. The fourth-order valence-electron chi connectivity index (χ4n) is 2.29. The fourth-order valence-corrected chi connectivity index (χ4v) is 3.37. The standard InChI is InChI=1S/C19H17FN2O2S/c1-14-6-10-16(11-7-14)21-18-4-2-3-5-19(18)22-25(23,24)17-12-8-15(20)9-13-17/h2-13,21-22H,1H3. The molecular weight excluding hydrogens is 339 g/mol. The van der Waals surface area contributed by atoms with Crippen LogP contribution < -0.4 is 10.0 Å². The van der Waals surface area contributed by atoms with E-state index >= 15 is 0 Å². The van der Waals surface area contributed by atoms with Crippen molar-refractivity contribution in [2.24, 2.45) is 0 Å². The fraction of sp³-hybridized carbons (Fsp3) is 0.0526. The predicted molar refractivity (Wildman–Crippen MR) is 98.1 cm³/mol. The molecule has 0 aromatic heterocycles. The highest BCUT2D eigenvalue weighted by Crippen LogP contribution is 2.27. The summed E-state index contributed by atoms with van der Waals surface area (Å²) in [6.07, 6.45) is 0. The quantitative estimate of drug-likeness (QED) is 0.698. The van der Waals surface area contributed by atoms with E-state index in [2.05, 4.69) is 10.0 Å². The van der Waals surface area contributed by atoms with Crippen molar-refractivity contribution in [1.82, 2.24) is 0 Å². The van der Waals surface area contributed by atoms with Crippen molar-refractivity contribution in [3.05, 3.63) is 84.2 Å². The number of nitrogens with one attached hydrogen (secondary N) is 2. The van der Waals surface area contributed by atoms with Gasteiger partial charge in [-0.2, -0.15) is 0 Å². The second-order valence-electron chi connectivity index (χ2n) is 5.60. The van der Waals surface area contributed by atoms with Crippen LogP contribution in [0.25, 0.3) is 0 Å². The Balaban J connectivity index is 1.87. The Hall–Kier alpha value is -2.86. The van der Waals surface area contributed by atoms with Crippen molar-refractivity contribution in [2.45, 2.75) is 11.8 Å². The van der Waals surface area contributed by atoms with Gasteiger partial charge in [-0.25, -0.2) is 12.8 Å². The molecular formula is C19H17FN2O2S. The summed E-state index contributed by atoms with van der Waals surface area (Å²) < 4.78 is 40.6. The van der Waals surface area contributed by atoms with Gasteiger partial charge in [0.15, 0.2) is 0 Å². The molecule has 0 fully saturated rings. The molecule has 0 atom stereocenters. The van der Waals surface area contributed by atoms with Crippen LogP contribution in [0.3, 0.4) is 0 Å². The number of benzene rings is 3. The van der Waals surface area contributed by atoms with Crippen LogP contribution >= 0.6 is 0 Å². The van der Waals surface area contributed by atoms with Gasteiger partial charge in [-0.15, -0.1) is 0 Å². The first-order valence-electron chi connectivity index (χ1n) is 7.65. The van der Waals surface area contributed by atoms with Crippen LogP contribution in [-0.4, -0.2) is 8.42 Å². The van der Waals surface area contributed by atoms with Crippen molar-refractivity contribution >= 4 is 27.1 Å². The third kappa shape index (κ3) is 4.16. The monoisotopic (exact) mass is 356 g/mol. The Bertz CT molecular complexity index is 969. The summed E-state index contributed by atoms with van der Waals surface area (Å²) in [5.74, 6) is -0.486. The zero-order chi connectivity index (χ0) is 17.9. The molecule has 0 radical (unpaired) electrons. The molecule has 0 aliphatic rings. The maximum atomic E-state index is 13.0. The lowest BCUT2D eigenvalue weighted by Gasteiger charge is -2.14. The molecule has 3 aromatic rings. The molecule has 0 saturated carbocycles. The van der Waals surface area contributed by atoms with Gasteiger partial charge in [0.05, 0.1) is 16.3 Å². The summed E-state index contributed by atoms with van der Waals surface area (Å²) in [5.41, 5.74) is 3.01. The van der Waals surface area contributed by atoms with E-state index in [9.17, 15) is 12.8 Å². The van der Waals surface area contributed by atoms with E-state index in [1.165, 1.54) is 12.1 Å². The Morgan fingerprint density at radius 3 is 2.04 bits per heavy atom. The van der Waals surface area contributed by atoms with Crippen LogP contribution in [0.2, 0.25) is 0 Å². The molecule has 0 saturated heterocycles. The molecule has 25 heavy (non-hydrogen) atoms. The highest BCUT2D eigenvalue weighted by Gasteiger charge is 2.16. The van der Waals surface area contributed by atoms with E-state index < -0.39 is 15.8 Å². The topological polar surface area (TPSA) is 58.2 Å². The highest BCUT2D eigenvalue weighted by molar-refractivity contribution is 7.92. The Morgan fingerprint density at radius 2 is 1.40 bits per heavy atom. The number of rotatable bonds is 5. The molecule has 0 aliphatic carbocycles. The van der Waals surface area contributed by atoms with Gasteiger partial charge in [0, 0.05) is 5.69 Å². The van der Waals surface area contributed by atoms with Gasteiger partial charge in [0.2, 0.25) is 0 Å². The van der Waals surface area contributed by atoms with Gasteiger partial charge >= 0.3 is 0 Å². The average Bonchev–Trinajstić information content (AvgIpc) is 2.59. The van der Waals surface area contributed by atoms with E-state index in [4.69, 9.17) is 0 Å². The minimum Gasteiger partial charge on any atom is -0.354 e. The lowest BCUT2D eigenvalue weighted by atomic mass is 10.2. The van der Waals surface area contributed by atoms with Crippen LogP contribution in [0.15, 0.2) is 77.7 Å². The number of hydrogen-bond donors (Lipinski definition) is 2. The Kier molecular flexibility index (Phi) is 4.72. The minimum absolute atomic E-state index is 0.000890. The first-order chi connectivity index (χ1) is 11.9. The number of anilines is 3. The van der Waals surface area contributed by atoms with Crippen LogP contribution in [0.1, 0.15) is 5.56 Å². The maximum absolute atomic E-state index is 13.0. The van der Waals surface area contributed by atoms with Crippen LogP contribution in [0, 0.1) is 12.7 Å². The SMILES string of the molecule is Cc1ccc(Nc2ccccc2NS(=O)(=O)c2ccc(F)cc2)cc1. The molecule has 2 N–H and O–H groups in total. The highest BCUT2D eigenvalue weighted by atomic mass is 32.2. The third-order valence-corrected chi connectivity index (χ3v) is 5.01. The van der Waals surface area contributed by atoms with E-state index in [0.717, 1.165) is 23.4 Å². The van der Waals surface area contributed by atoms with Crippen LogP contribution in [-0.2, 0) is 10.0 Å². The van der Waals surface area contributed by atoms with Gasteiger partial charge in [-0.1, -0.05) is 29.8 Å². The minimum atomic E-state index is -3.81. The van der Waals surface area contributed by atoms with Crippen molar-refractivity contribution in [2.75, 3.05) is 10.0 Å². The van der Waals surface area contributed by atoms with E-state index in [1.54, 1.807) is 18.2 Å². The second-order valence-corrected chi connectivity index (χ2v) is 7.28. The van der Waals surface area contributed by atoms with Gasteiger partial charge in [0.25, 0.3) is 10.0 Å². The zero-order valence-corrected chi connectivity index (χ0v) is 14.3. The average molecular weight is 356 g/mol. The predicted octanol–water partition coefficient (Wildman–Crippen LogP) is 4.68. The first-order valence-corrected chi connectivity index (χ1v) is 9.13. The summed E-state index contributed by atoms with van der Waals surface area (Å²) >= 11 is 0. The van der Waals surface area contributed by atoms with Gasteiger partial charge < -0.3 is 5.32 Å². The normalized spacial score (nSPS) is 11.1. The maximum Gasteiger partial charge on any atom is 0.261 e. The summed E-state index contributed by atoms with van der Waals surface area (Å²) in [4.78, 5) is -0.000890. The van der Waals surface area contributed by atoms with Crippen molar-refractivity contribution in [3.63, 3.8) is 0 Å². The second kappa shape index (κ2) is 6.94. The molecule has 0 spiro atoms. The van der Waals surface area contributed by atoms with Crippen molar-refractivity contribution in [1.29, 1.82) is 0 Å². The number of halogens is 1. The van der Waals surface area contributed by atoms with Gasteiger partial charge in [-0.05, 0) is 55.5 Å². The zero-order valence-electron chi connectivity index (χ0n) is 13.5. The van der Waals surface area contributed by atoms with E-state index in [1.807, 2.05) is 37.3 Å². The Morgan fingerprint density at radius 1 is 0.800 bits per heavy atom. The number of aryl methyl sites for hydroxylation is 1. The molecule has 128 valence electrons. The molecule has 0 bridgehead atoms. The van der Waals surface area contributed by atoms with Gasteiger partial charge in [-0.3, -0.25) is 4.72 Å². The van der Waals surface area contributed by atoms with E-state index in [0.29, 0.717) is 11.4 Å². The first kappa shape index (κ1) is 17.0. The summed E-state index contributed by atoms with van der Waals surface area (Å²) in [5, 5.41) is 3.20. The van der Waals surface area contributed by atoms with Crippen molar-refractivity contribution < 1.29 is 12.8 Å². The number of hydrogen-bond acceptors (Lipinski definition) is 3. The molecule has 0 amide bonds. The molecule has 3 aromatic carbocycles. The Labute approximate surface area is 146 Å². The van der Waals surface area contributed by atoms with Crippen LogP contribution in [0.4, 0.5) is 21.5 Å². The number of para-hydroxylation sites is 2. The molecule has 4 nitrogen and oxygen atoms in total. The summed E-state index contributed by atoms with van der Waals surface area (Å²) in [6.45, 7) is 1.99. The lowest BCUT2D eigenvalue weighted by Crippen LogP contribution is -2.14. The summed E-state index contributed by atoms with van der Waals surface area (Å²) in [7, 11) is -3.81. The van der Waals surface area contributed by atoms with Crippen LogP contribution in [0.5, 0.6) is 0 Å².